The number of rotatable bonds is 6. The lowest BCUT2D eigenvalue weighted by atomic mass is 10.0. The van der Waals surface area contributed by atoms with Crippen LogP contribution in [0.3, 0.4) is 0 Å². The Balaban J connectivity index is 1.37. The van der Waals surface area contributed by atoms with Gasteiger partial charge in [-0.3, -0.25) is 4.79 Å². The molecule has 3 aromatic carbocycles. The Kier molecular flexibility index (Phi) is 7.22. The number of phenols is 1. The second kappa shape index (κ2) is 10.9. The highest BCUT2D eigenvalue weighted by Crippen LogP contribution is 2.38. The smallest absolute Gasteiger partial charge is 0.342 e. The van der Waals surface area contributed by atoms with Crippen LogP contribution in [0.2, 0.25) is 0 Å². The molecule has 194 valence electrons. The summed E-state index contributed by atoms with van der Waals surface area (Å²) in [6.07, 6.45) is 4.07. The first kappa shape index (κ1) is 25.2. The van der Waals surface area contributed by atoms with E-state index in [0.717, 1.165) is 36.9 Å². The quantitative estimate of drug-likeness (QED) is 0.280. The van der Waals surface area contributed by atoms with Crippen LogP contribution >= 0.6 is 0 Å². The first-order valence-corrected chi connectivity index (χ1v) is 12.7. The topological polar surface area (TPSA) is 96.3 Å². The van der Waals surface area contributed by atoms with E-state index in [1.54, 1.807) is 36.4 Å². The molecule has 2 amide bonds. The van der Waals surface area contributed by atoms with Gasteiger partial charge in [0.05, 0.1) is 11.4 Å². The summed E-state index contributed by atoms with van der Waals surface area (Å²) in [7, 11) is 0. The highest BCUT2D eigenvalue weighted by atomic mass is 19.1. The highest BCUT2D eigenvalue weighted by molar-refractivity contribution is 6.04. The van der Waals surface area contributed by atoms with E-state index in [-0.39, 0.29) is 29.9 Å². The number of halogens is 1. The van der Waals surface area contributed by atoms with Crippen LogP contribution in [0.25, 0.3) is 11.3 Å². The number of aryl methyl sites for hydroxylation is 1. The number of hydrogen-bond acceptors (Lipinski definition) is 4. The molecular weight excluding hydrogens is 483 g/mol. The summed E-state index contributed by atoms with van der Waals surface area (Å²) in [6, 6.07) is 19.6. The third-order valence-corrected chi connectivity index (χ3v) is 6.88. The van der Waals surface area contributed by atoms with Gasteiger partial charge in [0.25, 0.3) is 5.91 Å². The van der Waals surface area contributed by atoms with E-state index in [1.807, 2.05) is 25.1 Å². The van der Waals surface area contributed by atoms with Gasteiger partial charge < -0.3 is 15.7 Å². The molecule has 0 unspecified atom stereocenters. The zero-order chi connectivity index (χ0) is 26.6. The van der Waals surface area contributed by atoms with Gasteiger partial charge in [-0.25, -0.2) is 9.18 Å². The van der Waals surface area contributed by atoms with E-state index in [0.29, 0.717) is 28.1 Å². The van der Waals surface area contributed by atoms with Gasteiger partial charge in [0.15, 0.2) is 0 Å². The number of carbonyl (C=O) groups excluding carboxylic acids is 2. The van der Waals surface area contributed by atoms with Gasteiger partial charge in [0.1, 0.15) is 11.6 Å². The predicted molar refractivity (Wildman–Crippen MR) is 144 cm³/mol. The number of benzene rings is 3. The molecular formula is C30H29FN4O3. The molecule has 8 heteroatoms. The largest absolute Gasteiger partial charge is 0.507 e. The van der Waals surface area contributed by atoms with E-state index >= 15 is 0 Å². The standard InChI is InChI=1S/C30H29FN4O3/c1-19-9-11-22(12-10-19)29(37)33-24-13-14-25(28(36)16-24)26-17-27(21-6-2-3-7-21)35(34-26)30(38)32-18-20-5-4-8-23(31)15-20/h4-5,8-17,21,36H,2-3,6-7,18H2,1H3,(H,32,38)(H,33,37). The molecule has 0 aliphatic heterocycles. The summed E-state index contributed by atoms with van der Waals surface area (Å²) in [5.41, 5.74) is 4.36. The normalized spacial score (nSPS) is 13.4. The maximum atomic E-state index is 13.5. The number of nitrogens with one attached hydrogen (secondary N) is 2. The lowest BCUT2D eigenvalue weighted by molar-refractivity contribution is 0.102. The summed E-state index contributed by atoms with van der Waals surface area (Å²) in [6.45, 7) is 2.11. The van der Waals surface area contributed by atoms with Crippen molar-refractivity contribution in [1.29, 1.82) is 0 Å². The molecule has 0 spiro atoms. The lowest BCUT2D eigenvalue weighted by Crippen LogP contribution is -2.30. The van der Waals surface area contributed by atoms with Crippen molar-refractivity contribution in [2.75, 3.05) is 5.32 Å². The second-order valence-corrected chi connectivity index (χ2v) is 9.69. The zero-order valence-corrected chi connectivity index (χ0v) is 21.1. The molecule has 1 aromatic heterocycles. The maximum absolute atomic E-state index is 13.5. The van der Waals surface area contributed by atoms with Crippen LogP contribution in [-0.4, -0.2) is 26.8 Å². The van der Waals surface area contributed by atoms with Crippen molar-refractivity contribution >= 4 is 17.6 Å². The summed E-state index contributed by atoms with van der Waals surface area (Å²) in [5, 5.41) is 21.0. The van der Waals surface area contributed by atoms with E-state index in [4.69, 9.17) is 0 Å². The highest BCUT2D eigenvalue weighted by Gasteiger charge is 2.26. The van der Waals surface area contributed by atoms with Crippen LogP contribution in [-0.2, 0) is 6.54 Å². The van der Waals surface area contributed by atoms with Crippen LogP contribution in [0.5, 0.6) is 5.75 Å². The van der Waals surface area contributed by atoms with E-state index < -0.39 is 6.03 Å². The molecule has 3 N–H and O–H groups in total. The van der Waals surface area contributed by atoms with Crippen molar-refractivity contribution in [3.05, 3.63) is 101 Å². The molecule has 1 aliphatic carbocycles. The van der Waals surface area contributed by atoms with Crippen LogP contribution in [0.15, 0.2) is 72.8 Å². The van der Waals surface area contributed by atoms with E-state index in [1.165, 1.54) is 22.9 Å². The third kappa shape index (κ3) is 5.59. The number of aromatic nitrogens is 2. The average Bonchev–Trinajstić information content (AvgIpc) is 3.58. The van der Waals surface area contributed by atoms with Gasteiger partial charge in [-0.15, -0.1) is 0 Å². The van der Waals surface area contributed by atoms with Crippen molar-refractivity contribution in [2.24, 2.45) is 0 Å². The Bertz CT molecular complexity index is 1470. The Labute approximate surface area is 220 Å². The number of phenolic OH excluding ortho intramolecular Hbond substituents is 1. The van der Waals surface area contributed by atoms with Gasteiger partial charge in [-0.05, 0) is 67.8 Å². The zero-order valence-electron chi connectivity index (χ0n) is 21.1. The SMILES string of the molecule is Cc1ccc(C(=O)Nc2ccc(-c3cc(C4CCCC4)n(C(=O)NCc4cccc(F)c4)n3)c(O)c2)cc1. The molecule has 0 saturated heterocycles. The summed E-state index contributed by atoms with van der Waals surface area (Å²) >= 11 is 0. The van der Waals surface area contributed by atoms with Crippen molar-refractivity contribution in [3.63, 3.8) is 0 Å². The van der Waals surface area contributed by atoms with Crippen LogP contribution in [0.4, 0.5) is 14.9 Å². The van der Waals surface area contributed by atoms with E-state index in [2.05, 4.69) is 15.7 Å². The Hall–Kier alpha value is -4.46. The first-order chi connectivity index (χ1) is 18.4. The van der Waals surface area contributed by atoms with Crippen LogP contribution in [0.1, 0.15) is 58.8 Å². The van der Waals surface area contributed by atoms with Gasteiger partial charge in [-0.1, -0.05) is 42.7 Å². The van der Waals surface area contributed by atoms with Crippen molar-refractivity contribution in [1.82, 2.24) is 15.1 Å². The fraction of sp³-hybridized carbons (Fsp3) is 0.233. The molecule has 0 atom stereocenters. The number of aromatic hydroxyl groups is 1. The van der Waals surface area contributed by atoms with Crippen molar-refractivity contribution < 1.29 is 19.1 Å². The van der Waals surface area contributed by atoms with Gasteiger partial charge >= 0.3 is 6.03 Å². The number of amides is 2. The molecule has 1 saturated carbocycles. The Morgan fingerprint density at radius 2 is 1.79 bits per heavy atom. The van der Waals surface area contributed by atoms with Crippen molar-refractivity contribution in [2.45, 2.75) is 45.1 Å². The maximum Gasteiger partial charge on any atom is 0.342 e. The number of anilines is 1. The average molecular weight is 513 g/mol. The second-order valence-electron chi connectivity index (χ2n) is 9.69. The first-order valence-electron chi connectivity index (χ1n) is 12.7. The van der Waals surface area contributed by atoms with Crippen LogP contribution in [0, 0.1) is 12.7 Å². The molecule has 5 rings (SSSR count). The molecule has 0 radical (unpaired) electrons. The number of hydrogen-bond donors (Lipinski definition) is 3. The van der Waals surface area contributed by atoms with E-state index in [9.17, 15) is 19.1 Å². The molecule has 1 aliphatic rings. The number of carbonyl (C=O) groups is 2. The molecule has 7 nitrogen and oxygen atoms in total. The Morgan fingerprint density at radius 1 is 1.03 bits per heavy atom. The van der Waals surface area contributed by atoms with Crippen LogP contribution < -0.4 is 10.6 Å². The predicted octanol–water partition coefficient (Wildman–Crippen LogP) is 6.37. The fourth-order valence-corrected chi connectivity index (χ4v) is 4.84. The minimum Gasteiger partial charge on any atom is -0.507 e. The Morgan fingerprint density at radius 3 is 2.50 bits per heavy atom. The molecule has 1 fully saturated rings. The number of nitrogens with zero attached hydrogens (tertiary/aromatic N) is 2. The summed E-state index contributed by atoms with van der Waals surface area (Å²) in [5.74, 6) is -0.514. The monoisotopic (exact) mass is 512 g/mol. The summed E-state index contributed by atoms with van der Waals surface area (Å²) in [4.78, 5) is 25.7. The summed E-state index contributed by atoms with van der Waals surface area (Å²) < 4.78 is 14.9. The third-order valence-electron chi connectivity index (χ3n) is 6.88. The van der Waals surface area contributed by atoms with Gasteiger partial charge in [0, 0.05) is 35.3 Å². The van der Waals surface area contributed by atoms with Crippen molar-refractivity contribution in [3.8, 4) is 17.0 Å². The minimum absolute atomic E-state index is 0.0607. The van der Waals surface area contributed by atoms with Gasteiger partial charge in [0.2, 0.25) is 0 Å². The molecule has 1 heterocycles. The van der Waals surface area contributed by atoms with Gasteiger partial charge in [-0.2, -0.15) is 9.78 Å². The molecule has 4 aromatic rings. The minimum atomic E-state index is -0.413. The fourth-order valence-electron chi connectivity index (χ4n) is 4.84. The molecule has 38 heavy (non-hydrogen) atoms. The molecule has 0 bridgehead atoms. The lowest BCUT2D eigenvalue weighted by Gasteiger charge is -2.12.